The van der Waals surface area contributed by atoms with Gasteiger partial charge >= 0.3 is 5.97 Å². The van der Waals surface area contributed by atoms with Crippen molar-refractivity contribution < 1.29 is 27.6 Å². The fourth-order valence-electron chi connectivity index (χ4n) is 2.35. The zero-order chi connectivity index (χ0) is 21.8. The number of ether oxygens (including phenoxy) is 1. The molecule has 0 atom stereocenters. The summed E-state index contributed by atoms with van der Waals surface area (Å²) in [7, 11) is -1.70. The molecule has 0 saturated carbocycles. The molecule has 2 aromatic carbocycles. The molecule has 156 valence electrons. The van der Waals surface area contributed by atoms with Crippen LogP contribution in [0.4, 0.5) is 5.69 Å². The standard InChI is InChI=1S/C19H21ClN2O6S/c1-12-6-5-7-16(13(12)2)21-18(23)11-28-19(24)14-8-9-15(20)17(10-14)29(25,26)22(3)27-4/h5-10H,11H2,1-4H3,(H,21,23). The number of anilines is 1. The highest BCUT2D eigenvalue weighted by atomic mass is 35.5. The topological polar surface area (TPSA) is 102 Å². The molecule has 0 unspecified atom stereocenters. The molecule has 0 aliphatic rings. The monoisotopic (exact) mass is 440 g/mol. The second-order valence-electron chi connectivity index (χ2n) is 6.11. The van der Waals surface area contributed by atoms with Crippen molar-refractivity contribution in [3.05, 3.63) is 58.1 Å². The van der Waals surface area contributed by atoms with Crippen molar-refractivity contribution in [1.82, 2.24) is 4.47 Å². The predicted molar refractivity (Wildman–Crippen MR) is 108 cm³/mol. The van der Waals surface area contributed by atoms with Crippen molar-refractivity contribution in [1.29, 1.82) is 0 Å². The molecule has 0 bridgehead atoms. The smallest absolute Gasteiger partial charge is 0.338 e. The Labute approximate surface area is 174 Å². The number of hydroxylamine groups is 1. The van der Waals surface area contributed by atoms with Crippen LogP contribution < -0.4 is 5.32 Å². The molecule has 29 heavy (non-hydrogen) atoms. The van der Waals surface area contributed by atoms with Crippen molar-refractivity contribution >= 4 is 39.2 Å². The number of amides is 1. The molecule has 0 saturated heterocycles. The molecule has 1 amide bonds. The SMILES string of the molecule is CON(C)S(=O)(=O)c1cc(C(=O)OCC(=O)Nc2cccc(C)c2C)ccc1Cl. The number of aryl methyl sites for hydroxylation is 1. The first-order chi connectivity index (χ1) is 13.6. The number of nitrogens with one attached hydrogen (secondary N) is 1. The van der Waals surface area contributed by atoms with Crippen LogP contribution in [0.1, 0.15) is 21.5 Å². The van der Waals surface area contributed by atoms with E-state index in [0.29, 0.717) is 10.2 Å². The number of carbonyl (C=O) groups is 2. The number of carbonyl (C=O) groups excluding carboxylic acids is 2. The van der Waals surface area contributed by atoms with Crippen LogP contribution in [0.5, 0.6) is 0 Å². The number of nitrogens with zero attached hydrogens (tertiary/aromatic N) is 1. The second kappa shape index (κ2) is 9.36. The maximum atomic E-state index is 12.4. The van der Waals surface area contributed by atoms with Crippen LogP contribution in [0, 0.1) is 13.8 Å². The Morgan fingerprint density at radius 2 is 1.86 bits per heavy atom. The molecule has 2 rings (SSSR count). The number of halogens is 1. The van der Waals surface area contributed by atoms with E-state index in [1.807, 2.05) is 19.9 Å². The third kappa shape index (κ3) is 5.33. The summed E-state index contributed by atoms with van der Waals surface area (Å²) in [6.07, 6.45) is 0. The first-order valence-electron chi connectivity index (χ1n) is 8.43. The Morgan fingerprint density at radius 3 is 2.52 bits per heavy atom. The van der Waals surface area contributed by atoms with Gasteiger partial charge in [0, 0.05) is 12.7 Å². The summed E-state index contributed by atoms with van der Waals surface area (Å²) in [6.45, 7) is 3.25. The predicted octanol–water partition coefficient (Wildman–Crippen LogP) is 2.93. The third-order valence-corrected chi connectivity index (χ3v) is 6.41. The molecule has 0 fully saturated rings. The zero-order valence-corrected chi connectivity index (χ0v) is 17.9. The zero-order valence-electron chi connectivity index (χ0n) is 16.4. The van der Waals surface area contributed by atoms with E-state index in [4.69, 9.17) is 21.2 Å². The van der Waals surface area contributed by atoms with Crippen LogP contribution in [0.2, 0.25) is 5.02 Å². The molecular formula is C19H21ClN2O6S. The quantitative estimate of drug-likeness (QED) is 0.524. The Morgan fingerprint density at radius 1 is 1.17 bits per heavy atom. The first-order valence-corrected chi connectivity index (χ1v) is 10.3. The second-order valence-corrected chi connectivity index (χ2v) is 8.43. The largest absolute Gasteiger partial charge is 0.452 e. The molecular weight excluding hydrogens is 420 g/mol. The Kier molecular flexibility index (Phi) is 7.37. The van der Waals surface area contributed by atoms with Gasteiger partial charge in [0.15, 0.2) is 6.61 Å². The lowest BCUT2D eigenvalue weighted by Crippen LogP contribution is -2.26. The van der Waals surface area contributed by atoms with Gasteiger partial charge in [0.25, 0.3) is 15.9 Å². The lowest BCUT2D eigenvalue weighted by molar-refractivity contribution is -0.119. The fraction of sp³-hybridized carbons (Fsp3) is 0.263. The van der Waals surface area contributed by atoms with Gasteiger partial charge < -0.3 is 10.1 Å². The summed E-state index contributed by atoms with van der Waals surface area (Å²) in [4.78, 5) is 28.7. The van der Waals surface area contributed by atoms with Gasteiger partial charge in [0.2, 0.25) is 0 Å². The number of hydrogen-bond donors (Lipinski definition) is 1. The molecule has 0 aliphatic carbocycles. The van der Waals surface area contributed by atoms with Gasteiger partial charge in [0.05, 0.1) is 17.7 Å². The highest BCUT2D eigenvalue weighted by molar-refractivity contribution is 7.89. The van der Waals surface area contributed by atoms with Crippen molar-refractivity contribution in [3.8, 4) is 0 Å². The molecule has 0 spiro atoms. The molecule has 0 aliphatic heterocycles. The molecule has 2 aromatic rings. The highest BCUT2D eigenvalue weighted by Crippen LogP contribution is 2.25. The van der Waals surface area contributed by atoms with Crippen molar-refractivity contribution in [2.45, 2.75) is 18.7 Å². The average Bonchev–Trinajstić information content (AvgIpc) is 2.69. The number of rotatable bonds is 7. The van der Waals surface area contributed by atoms with Crippen LogP contribution in [-0.2, 0) is 24.4 Å². The van der Waals surface area contributed by atoms with Gasteiger partial charge in [-0.3, -0.25) is 9.63 Å². The van der Waals surface area contributed by atoms with Crippen molar-refractivity contribution in [3.63, 3.8) is 0 Å². The van der Waals surface area contributed by atoms with E-state index >= 15 is 0 Å². The van der Waals surface area contributed by atoms with Crippen molar-refractivity contribution in [2.24, 2.45) is 0 Å². The van der Waals surface area contributed by atoms with E-state index in [1.165, 1.54) is 26.3 Å². The summed E-state index contributed by atoms with van der Waals surface area (Å²) < 4.78 is 30.4. The van der Waals surface area contributed by atoms with Crippen LogP contribution in [0.15, 0.2) is 41.3 Å². The molecule has 0 aromatic heterocycles. The van der Waals surface area contributed by atoms with Gasteiger partial charge in [-0.25, -0.2) is 13.2 Å². The summed E-state index contributed by atoms with van der Waals surface area (Å²) in [5.41, 5.74) is 2.46. The summed E-state index contributed by atoms with van der Waals surface area (Å²) in [5, 5.41) is 2.58. The highest BCUT2D eigenvalue weighted by Gasteiger charge is 2.25. The molecule has 1 N–H and O–H groups in total. The number of esters is 1. The first kappa shape index (κ1) is 22.8. The number of sulfonamides is 1. The van der Waals surface area contributed by atoms with Crippen LogP contribution >= 0.6 is 11.6 Å². The Hall–Kier alpha value is -2.46. The third-order valence-electron chi connectivity index (χ3n) is 4.25. The summed E-state index contributed by atoms with van der Waals surface area (Å²) >= 11 is 5.95. The molecule has 0 radical (unpaired) electrons. The minimum Gasteiger partial charge on any atom is -0.452 e. The van der Waals surface area contributed by atoms with Gasteiger partial charge in [-0.05, 0) is 49.2 Å². The van der Waals surface area contributed by atoms with E-state index in [-0.39, 0.29) is 15.5 Å². The summed E-state index contributed by atoms with van der Waals surface area (Å²) in [5.74, 6) is -1.39. The van der Waals surface area contributed by atoms with E-state index in [9.17, 15) is 18.0 Å². The van der Waals surface area contributed by atoms with Crippen LogP contribution in [0.25, 0.3) is 0 Å². The lowest BCUT2D eigenvalue weighted by atomic mass is 10.1. The molecule has 10 heteroatoms. The van der Waals surface area contributed by atoms with Crippen LogP contribution in [0.3, 0.4) is 0 Å². The molecule has 0 heterocycles. The fourth-order valence-corrected chi connectivity index (χ4v) is 3.83. The minimum absolute atomic E-state index is 0.0722. The van der Waals surface area contributed by atoms with Crippen LogP contribution in [-0.4, -0.2) is 45.5 Å². The van der Waals surface area contributed by atoms with E-state index < -0.39 is 28.5 Å². The van der Waals surface area contributed by atoms with Gasteiger partial charge in [-0.2, -0.15) is 0 Å². The Balaban J connectivity index is 2.10. The van der Waals surface area contributed by atoms with Gasteiger partial charge in [-0.15, -0.1) is 0 Å². The Bertz CT molecular complexity index is 1040. The summed E-state index contributed by atoms with van der Waals surface area (Å²) in [6, 6.07) is 9.08. The average molecular weight is 441 g/mol. The minimum atomic E-state index is -4.06. The van der Waals surface area contributed by atoms with E-state index in [1.54, 1.807) is 12.1 Å². The van der Waals surface area contributed by atoms with E-state index in [0.717, 1.165) is 17.2 Å². The van der Waals surface area contributed by atoms with E-state index in [2.05, 4.69) is 5.32 Å². The number of hydrogen-bond acceptors (Lipinski definition) is 6. The maximum absolute atomic E-state index is 12.4. The number of benzene rings is 2. The van der Waals surface area contributed by atoms with Gasteiger partial charge in [-0.1, -0.05) is 28.2 Å². The maximum Gasteiger partial charge on any atom is 0.338 e. The molecule has 8 nitrogen and oxygen atoms in total. The lowest BCUT2D eigenvalue weighted by Gasteiger charge is -2.15. The van der Waals surface area contributed by atoms with Crippen molar-refractivity contribution in [2.75, 3.05) is 26.1 Å². The normalized spacial score (nSPS) is 11.4. The van der Waals surface area contributed by atoms with Gasteiger partial charge in [0.1, 0.15) is 4.90 Å².